The van der Waals surface area contributed by atoms with Crippen molar-refractivity contribution in [3.05, 3.63) is 59.2 Å². The third kappa shape index (κ3) is 3.78. The molecule has 0 fully saturated rings. The molecule has 0 radical (unpaired) electrons. The average molecular weight is 339 g/mol. The molecule has 0 aliphatic carbocycles. The quantitative estimate of drug-likeness (QED) is 0.818. The zero-order chi connectivity index (χ0) is 17.8. The second-order valence-electron chi connectivity index (χ2n) is 6.54. The van der Waals surface area contributed by atoms with Gasteiger partial charge in [0.15, 0.2) is 11.5 Å². The summed E-state index contributed by atoms with van der Waals surface area (Å²) in [6, 6.07) is 13.7. The maximum atomic E-state index is 12.9. The van der Waals surface area contributed by atoms with E-state index in [9.17, 15) is 4.79 Å². The molecule has 4 nitrogen and oxygen atoms in total. The summed E-state index contributed by atoms with van der Waals surface area (Å²) >= 11 is 0. The first-order chi connectivity index (χ1) is 12.1. The van der Waals surface area contributed by atoms with E-state index in [0.717, 1.165) is 17.1 Å². The van der Waals surface area contributed by atoms with E-state index in [0.29, 0.717) is 37.8 Å². The molecule has 2 aromatic rings. The van der Waals surface area contributed by atoms with Gasteiger partial charge in [-0.25, -0.2) is 0 Å². The maximum Gasteiger partial charge on any atom is 0.254 e. The van der Waals surface area contributed by atoms with Gasteiger partial charge in [-0.2, -0.15) is 0 Å². The Morgan fingerprint density at radius 2 is 1.80 bits per heavy atom. The first-order valence-corrected chi connectivity index (χ1v) is 8.87. The molecule has 1 amide bonds. The smallest absolute Gasteiger partial charge is 0.254 e. The summed E-state index contributed by atoms with van der Waals surface area (Å²) in [5.41, 5.74) is 2.93. The Morgan fingerprint density at radius 1 is 1.08 bits per heavy atom. The topological polar surface area (TPSA) is 38.8 Å². The molecule has 1 heterocycles. The highest BCUT2D eigenvalue weighted by Gasteiger charge is 2.20. The number of amides is 1. The predicted molar refractivity (Wildman–Crippen MR) is 98.4 cm³/mol. The van der Waals surface area contributed by atoms with E-state index < -0.39 is 0 Å². The maximum absolute atomic E-state index is 12.9. The molecular formula is C21H25NO3. The molecule has 0 N–H and O–H groups in total. The molecule has 0 aromatic heterocycles. The number of benzene rings is 2. The lowest BCUT2D eigenvalue weighted by molar-refractivity contribution is 0.0749. The first-order valence-electron chi connectivity index (χ1n) is 8.87. The summed E-state index contributed by atoms with van der Waals surface area (Å²) < 4.78 is 11.4. The van der Waals surface area contributed by atoms with Crippen LogP contribution in [0.3, 0.4) is 0 Å². The van der Waals surface area contributed by atoms with Gasteiger partial charge in [-0.3, -0.25) is 4.79 Å². The minimum absolute atomic E-state index is 0.0344. The van der Waals surface area contributed by atoms with E-state index in [1.807, 2.05) is 54.3 Å². The summed E-state index contributed by atoms with van der Waals surface area (Å²) in [7, 11) is 0. The monoisotopic (exact) mass is 339 g/mol. The lowest BCUT2D eigenvalue weighted by atomic mass is 10.0. The van der Waals surface area contributed by atoms with Crippen LogP contribution in [0.1, 0.15) is 48.2 Å². The van der Waals surface area contributed by atoms with Crippen LogP contribution in [0.4, 0.5) is 0 Å². The molecule has 2 aromatic carbocycles. The van der Waals surface area contributed by atoms with Crippen LogP contribution >= 0.6 is 0 Å². The number of fused-ring (bicyclic) bond motifs is 1. The zero-order valence-electron chi connectivity index (χ0n) is 15.1. The fourth-order valence-corrected chi connectivity index (χ4v) is 2.98. The highest BCUT2D eigenvalue weighted by molar-refractivity contribution is 5.94. The summed E-state index contributed by atoms with van der Waals surface area (Å²) in [6.07, 6.45) is 0. The zero-order valence-corrected chi connectivity index (χ0v) is 15.1. The second kappa shape index (κ2) is 7.60. The van der Waals surface area contributed by atoms with Gasteiger partial charge in [-0.15, -0.1) is 0 Å². The SMILES string of the molecule is CCN(Cc1cccc2c1OCCO2)C(=O)c1ccc(C(C)C)cc1. The van der Waals surface area contributed by atoms with Gasteiger partial charge in [0, 0.05) is 24.2 Å². The van der Waals surface area contributed by atoms with E-state index in [1.165, 1.54) is 5.56 Å². The van der Waals surface area contributed by atoms with Gasteiger partial charge in [0.25, 0.3) is 5.91 Å². The number of carbonyl (C=O) groups excluding carboxylic acids is 1. The standard InChI is InChI=1S/C21H25NO3/c1-4-22(21(23)17-10-8-16(9-11-17)15(2)3)14-18-6-5-7-19-20(18)25-13-12-24-19/h5-11,15H,4,12-14H2,1-3H3. The van der Waals surface area contributed by atoms with Crippen molar-refractivity contribution in [2.45, 2.75) is 33.2 Å². The largest absolute Gasteiger partial charge is 0.486 e. The molecule has 0 saturated carbocycles. The number of carbonyl (C=O) groups is 1. The number of nitrogens with zero attached hydrogens (tertiary/aromatic N) is 1. The normalized spacial score (nSPS) is 13.0. The molecular weight excluding hydrogens is 314 g/mol. The van der Waals surface area contributed by atoms with Crippen molar-refractivity contribution in [2.75, 3.05) is 19.8 Å². The Kier molecular flexibility index (Phi) is 5.27. The van der Waals surface area contributed by atoms with Gasteiger partial charge in [0.05, 0.1) is 0 Å². The molecule has 25 heavy (non-hydrogen) atoms. The van der Waals surface area contributed by atoms with Crippen molar-refractivity contribution in [2.24, 2.45) is 0 Å². The summed E-state index contributed by atoms with van der Waals surface area (Å²) in [6.45, 7) is 8.54. The van der Waals surface area contributed by atoms with Crippen molar-refractivity contribution in [1.82, 2.24) is 4.90 Å². The van der Waals surface area contributed by atoms with Gasteiger partial charge < -0.3 is 14.4 Å². The van der Waals surface area contributed by atoms with E-state index in [2.05, 4.69) is 13.8 Å². The summed E-state index contributed by atoms with van der Waals surface area (Å²) in [5.74, 6) is 2.01. The Labute approximate surface area is 149 Å². The molecule has 0 bridgehead atoms. The lowest BCUT2D eigenvalue weighted by Crippen LogP contribution is -2.31. The number of rotatable bonds is 5. The number of hydrogen-bond donors (Lipinski definition) is 0. The second-order valence-corrected chi connectivity index (χ2v) is 6.54. The van der Waals surface area contributed by atoms with Crippen molar-refractivity contribution in [3.63, 3.8) is 0 Å². The number of para-hydroxylation sites is 1. The van der Waals surface area contributed by atoms with Crippen LogP contribution in [0.5, 0.6) is 11.5 Å². The predicted octanol–water partition coefficient (Wildman–Crippen LogP) is 4.24. The van der Waals surface area contributed by atoms with Crippen molar-refractivity contribution in [1.29, 1.82) is 0 Å². The highest BCUT2D eigenvalue weighted by atomic mass is 16.6. The molecule has 1 aliphatic heterocycles. The highest BCUT2D eigenvalue weighted by Crippen LogP contribution is 2.34. The molecule has 1 aliphatic rings. The fourth-order valence-electron chi connectivity index (χ4n) is 2.98. The van der Waals surface area contributed by atoms with Gasteiger partial charge in [-0.05, 0) is 36.6 Å². The molecule has 0 atom stereocenters. The van der Waals surface area contributed by atoms with Crippen LogP contribution in [0.15, 0.2) is 42.5 Å². The van der Waals surface area contributed by atoms with E-state index in [-0.39, 0.29) is 5.91 Å². The number of hydrogen-bond acceptors (Lipinski definition) is 3. The molecule has 4 heteroatoms. The molecule has 3 rings (SSSR count). The summed E-state index contributed by atoms with van der Waals surface area (Å²) in [5, 5.41) is 0. The summed E-state index contributed by atoms with van der Waals surface area (Å²) in [4.78, 5) is 14.7. The molecule has 0 spiro atoms. The Bertz CT molecular complexity index is 737. The van der Waals surface area contributed by atoms with Crippen LogP contribution in [0, 0.1) is 0 Å². The Hall–Kier alpha value is -2.49. The van der Waals surface area contributed by atoms with Crippen LogP contribution in [-0.4, -0.2) is 30.6 Å². The van der Waals surface area contributed by atoms with Crippen LogP contribution < -0.4 is 9.47 Å². The minimum atomic E-state index is 0.0344. The minimum Gasteiger partial charge on any atom is -0.486 e. The van der Waals surface area contributed by atoms with Gasteiger partial charge in [0.2, 0.25) is 0 Å². The van der Waals surface area contributed by atoms with Crippen LogP contribution in [0.25, 0.3) is 0 Å². The van der Waals surface area contributed by atoms with E-state index >= 15 is 0 Å². The third-order valence-corrected chi connectivity index (χ3v) is 4.50. The third-order valence-electron chi connectivity index (χ3n) is 4.50. The van der Waals surface area contributed by atoms with Crippen molar-refractivity contribution in [3.8, 4) is 11.5 Å². The first kappa shape index (κ1) is 17.3. The fraction of sp³-hybridized carbons (Fsp3) is 0.381. The van der Waals surface area contributed by atoms with Crippen molar-refractivity contribution >= 4 is 5.91 Å². The van der Waals surface area contributed by atoms with Gasteiger partial charge in [0.1, 0.15) is 13.2 Å². The van der Waals surface area contributed by atoms with Gasteiger partial charge in [-0.1, -0.05) is 38.1 Å². The number of ether oxygens (including phenoxy) is 2. The Balaban J connectivity index is 1.79. The molecule has 0 unspecified atom stereocenters. The average Bonchev–Trinajstić information content (AvgIpc) is 2.65. The van der Waals surface area contributed by atoms with Crippen molar-refractivity contribution < 1.29 is 14.3 Å². The molecule has 0 saturated heterocycles. The van der Waals surface area contributed by atoms with Crippen LogP contribution in [-0.2, 0) is 6.54 Å². The molecule has 132 valence electrons. The van der Waals surface area contributed by atoms with Gasteiger partial charge >= 0.3 is 0 Å². The van der Waals surface area contributed by atoms with E-state index in [4.69, 9.17) is 9.47 Å². The van der Waals surface area contributed by atoms with Crippen LogP contribution in [0.2, 0.25) is 0 Å². The van der Waals surface area contributed by atoms with E-state index in [1.54, 1.807) is 0 Å². The lowest BCUT2D eigenvalue weighted by Gasteiger charge is -2.25. The Morgan fingerprint density at radius 3 is 2.48 bits per heavy atom.